The molecule has 0 bridgehead atoms. The number of esters is 2. The number of ether oxygens (including phenoxy) is 2. The van der Waals surface area contributed by atoms with Crippen LogP contribution in [0.3, 0.4) is 0 Å². The Morgan fingerprint density at radius 1 is 0.864 bits per heavy atom. The minimum absolute atomic E-state index is 0.0459. The van der Waals surface area contributed by atoms with Crippen molar-refractivity contribution < 1.29 is 19.1 Å². The maximum Gasteiger partial charge on any atom is 0.311 e. The summed E-state index contributed by atoms with van der Waals surface area (Å²) in [5.74, 6) is -0.255. The van der Waals surface area contributed by atoms with E-state index in [1.165, 1.54) is 25.7 Å². The number of hydrogen-bond acceptors (Lipinski definition) is 4. The van der Waals surface area contributed by atoms with E-state index in [1.54, 1.807) is 24.3 Å². The smallest absolute Gasteiger partial charge is 0.311 e. The van der Waals surface area contributed by atoms with Crippen LogP contribution in [0.15, 0.2) is 30.3 Å². The molecule has 1 aromatic rings. The highest BCUT2D eigenvalue weighted by Crippen LogP contribution is 2.10. The quantitative estimate of drug-likeness (QED) is 0.348. The molecule has 1 rings (SSSR count). The van der Waals surface area contributed by atoms with E-state index in [1.807, 2.05) is 6.07 Å². The standard InChI is InChI=1S/C18H26O4/c1-2-3-4-5-6-10-15-21-17(19)13-14-18(20)22-16-11-8-7-9-12-16/h7-9,11-12H,2-6,10,13-15H2,1H3. The van der Waals surface area contributed by atoms with E-state index in [4.69, 9.17) is 9.47 Å². The Kier molecular flexibility index (Phi) is 9.75. The normalized spacial score (nSPS) is 10.2. The first-order chi connectivity index (χ1) is 10.7. The first-order valence-electron chi connectivity index (χ1n) is 8.13. The average Bonchev–Trinajstić information content (AvgIpc) is 2.53. The first-order valence-corrected chi connectivity index (χ1v) is 8.13. The fraction of sp³-hybridized carbons (Fsp3) is 0.556. The van der Waals surface area contributed by atoms with Gasteiger partial charge in [0.25, 0.3) is 0 Å². The minimum Gasteiger partial charge on any atom is -0.466 e. The van der Waals surface area contributed by atoms with Gasteiger partial charge in [-0.15, -0.1) is 0 Å². The summed E-state index contributed by atoms with van der Waals surface area (Å²) in [6, 6.07) is 8.83. The summed E-state index contributed by atoms with van der Waals surface area (Å²) < 4.78 is 10.2. The highest BCUT2D eigenvalue weighted by Gasteiger charge is 2.09. The Labute approximate surface area is 132 Å². The largest absolute Gasteiger partial charge is 0.466 e. The van der Waals surface area contributed by atoms with Gasteiger partial charge in [-0.1, -0.05) is 57.2 Å². The second-order valence-corrected chi connectivity index (χ2v) is 5.28. The van der Waals surface area contributed by atoms with Gasteiger partial charge in [-0.05, 0) is 18.6 Å². The van der Waals surface area contributed by atoms with Crippen LogP contribution in [0.25, 0.3) is 0 Å². The van der Waals surface area contributed by atoms with Crippen LogP contribution in [0.4, 0.5) is 0 Å². The van der Waals surface area contributed by atoms with Crippen LogP contribution < -0.4 is 4.74 Å². The van der Waals surface area contributed by atoms with Crippen LogP contribution in [0.2, 0.25) is 0 Å². The molecule has 4 nitrogen and oxygen atoms in total. The highest BCUT2D eigenvalue weighted by molar-refractivity contribution is 5.78. The van der Waals surface area contributed by atoms with Crippen molar-refractivity contribution in [3.05, 3.63) is 30.3 Å². The molecular formula is C18H26O4. The molecule has 0 radical (unpaired) electrons. The third-order valence-electron chi connectivity index (χ3n) is 3.27. The Bertz CT molecular complexity index is 428. The summed E-state index contributed by atoms with van der Waals surface area (Å²) >= 11 is 0. The van der Waals surface area contributed by atoms with E-state index in [-0.39, 0.29) is 18.8 Å². The first kappa shape index (κ1) is 18.2. The van der Waals surface area contributed by atoms with Gasteiger partial charge in [0, 0.05) is 0 Å². The van der Waals surface area contributed by atoms with Crippen molar-refractivity contribution >= 4 is 11.9 Å². The third kappa shape index (κ3) is 9.16. The fourth-order valence-corrected chi connectivity index (χ4v) is 2.02. The van der Waals surface area contributed by atoms with Crippen molar-refractivity contribution in [1.29, 1.82) is 0 Å². The lowest BCUT2D eigenvalue weighted by atomic mass is 10.1. The van der Waals surface area contributed by atoms with Crippen molar-refractivity contribution in [1.82, 2.24) is 0 Å². The molecule has 0 saturated carbocycles. The molecule has 0 aromatic heterocycles. The molecule has 0 N–H and O–H groups in total. The van der Waals surface area contributed by atoms with Crippen LogP contribution in [0.1, 0.15) is 58.3 Å². The van der Waals surface area contributed by atoms with Gasteiger partial charge in [0.05, 0.1) is 19.4 Å². The molecule has 0 unspecified atom stereocenters. The zero-order chi connectivity index (χ0) is 16.0. The molecular weight excluding hydrogens is 280 g/mol. The molecule has 22 heavy (non-hydrogen) atoms. The van der Waals surface area contributed by atoms with Gasteiger partial charge in [0.2, 0.25) is 0 Å². The van der Waals surface area contributed by atoms with Gasteiger partial charge < -0.3 is 9.47 Å². The number of hydrogen-bond donors (Lipinski definition) is 0. The van der Waals surface area contributed by atoms with E-state index in [0.29, 0.717) is 12.4 Å². The lowest BCUT2D eigenvalue weighted by Crippen LogP contribution is -2.12. The van der Waals surface area contributed by atoms with Gasteiger partial charge in [-0.2, -0.15) is 0 Å². The summed E-state index contributed by atoms with van der Waals surface area (Å²) in [5, 5.41) is 0. The van der Waals surface area contributed by atoms with Crippen LogP contribution in [0.5, 0.6) is 5.75 Å². The molecule has 4 heteroatoms. The van der Waals surface area contributed by atoms with E-state index >= 15 is 0 Å². The molecule has 0 aliphatic carbocycles. The van der Waals surface area contributed by atoms with Gasteiger partial charge >= 0.3 is 11.9 Å². The fourth-order valence-electron chi connectivity index (χ4n) is 2.02. The van der Waals surface area contributed by atoms with E-state index < -0.39 is 5.97 Å². The van der Waals surface area contributed by atoms with E-state index in [0.717, 1.165) is 12.8 Å². The van der Waals surface area contributed by atoms with E-state index in [2.05, 4.69) is 6.92 Å². The topological polar surface area (TPSA) is 52.6 Å². The monoisotopic (exact) mass is 306 g/mol. The third-order valence-corrected chi connectivity index (χ3v) is 3.27. The predicted octanol–water partition coefficient (Wildman–Crippen LogP) is 4.28. The Morgan fingerprint density at radius 2 is 1.50 bits per heavy atom. The van der Waals surface area contributed by atoms with Crippen molar-refractivity contribution in [2.24, 2.45) is 0 Å². The molecule has 0 fully saturated rings. The average molecular weight is 306 g/mol. The molecule has 1 aromatic carbocycles. The minimum atomic E-state index is -0.414. The molecule has 0 aliphatic heterocycles. The second-order valence-electron chi connectivity index (χ2n) is 5.28. The Balaban J connectivity index is 2.02. The maximum absolute atomic E-state index is 11.6. The highest BCUT2D eigenvalue weighted by atomic mass is 16.5. The number of para-hydroxylation sites is 1. The molecule has 0 amide bonds. The Morgan fingerprint density at radius 3 is 2.23 bits per heavy atom. The Hall–Kier alpha value is -1.84. The lowest BCUT2D eigenvalue weighted by molar-refractivity contribution is -0.147. The SMILES string of the molecule is CCCCCCCCOC(=O)CCC(=O)Oc1ccccc1. The number of benzene rings is 1. The van der Waals surface area contributed by atoms with Crippen LogP contribution >= 0.6 is 0 Å². The van der Waals surface area contributed by atoms with E-state index in [9.17, 15) is 9.59 Å². The summed E-state index contributed by atoms with van der Waals surface area (Å²) in [6.45, 7) is 2.63. The summed E-state index contributed by atoms with van der Waals surface area (Å²) in [4.78, 5) is 23.1. The van der Waals surface area contributed by atoms with Crippen molar-refractivity contribution in [2.75, 3.05) is 6.61 Å². The second kappa shape index (κ2) is 11.8. The van der Waals surface area contributed by atoms with Crippen molar-refractivity contribution in [3.8, 4) is 5.75 Å². The summed E-state index contributed by atoms with van der Waals surface area (Å²) in [5.41, 5.74) is 0. The summed E-state index contributed by atoms with van der Waals surface area (Å²) in [6.07, 6.45) is 7.03. The number of carbonyl (C=O) groups is 2. The van der Waals surface area contributed by atoms with Gasteiger partial charge in [-0.3, -0.25) is 9.59 Å². The van der Waals surface area contributed by atoms with Crippen LogP contribution in [-0.4, -0.2) is 18.5 Å². The molecule has 0 aliphatic rings. The molecule has 0 spiro atoms. The molecule has 122 valence electrons. The van der Waals surface area contributed by atoms with Gasteiger partial charge in [0.15, 0.2) is 0 Å². The van der Waals surface area contributed by atoms with Crippen molar-refractivity contribution in [2.45, 2.75) is 58.3 Å². The predicted molar refractivity (Wildman–Crippen MR) is 85.6 cm³/mol. The van der Waals surface area contributed by atoms with Crippen LogP contribution in [-0.2, 0) is 14.3 Å². The zero-order valence-corrected chi connectivity index (χ0v) is 13.4. The molecule has 0 heterocycles. The zero-order valence-electron chi connectivity index (χ0n) is 13.4. The van der Waals surface area contributed by atoms with Crippen molar-refractivity contribution in [3.63, 3.8) is 0 Å². The lowest BCUT2D eigenvalue weighted by Gasteiger charge is -2.05. The number of unbranched alkanes of at least 4 members (excludes halogenated alkanes) is 5. The number of carbonyl (C=O) groups excluding carboxylic acids is 2. The van der Waals surface area contributed by atoms with Crippen LogP contribution in [0, 0.1) is 0 Å². The van der Waals surface area contributed by atoms with Gasteiger partial charge in [0.1, 0.15) is 5.75 Å². The molecule has 0 saturated heterocycles. The maximum atomic E-state index is 11.6. The summed E-state index contributed by atoms with van der Waals surface area (Å²) in [7, 11) is 0. The van der Waals surface area contributed by atoms with Gasteiger partial charge in [-0.25, -0.2) is 0 Å². The number of rotatable bonds is 11. The molecule has 0 atom stereocenters.